The first kappa shape index (κ1) is 14.2. The zero-order chi connectivity index (χ0) is 13.8. The van der Waals surface area contributed by atoms with E-state index in [-0.39, 0.29) is 5.91 Å². The molecule has 0 fully saturated rings. The van der Waals surface area contributed by atoms with Crippen molar-refractivity contribution in [2.75, 3.05) is 24.8 Å². The van der Waals surface area contributed by atoms with Crippen molar-refractivity contribution in [1.29, 1.82) is 0 Å². The average Bonchev–Trinajstić information content (AvgIpc) is 2.80. The number of hydrogen-bond donors (Lipinski definition) is 0. The van der Waals surface area contributed by atoms with E-state index in [9.17, 15) is 4.79 Å². The molecule has 0 N–H and O–H groups in total. The molecule has 5 heteroatoms. The molecular weight excluding hydrogens is 285 g/mol. The van der Waals surface area contributed by atoms with E-state index < -0.39 is 0 Å². The molecule has 2 aromatic rings. The molecule has 2 rings (SSSR count). The maximum absolute atomic E-state index is 12.3. The first-order valence-electron chi connectivity index (χ1n) is 6.07. The first-order chi connectivity index (χ1) is 9.15. The molecule has 19 heavy (non-hydrogen) atoms. The number of hydrogen-bond acceptors (Lipinski definition) is 2. The highest BCUT2D eigenvalue weighted by Crippen LogP contribution is 2.21. The number of fused-ring (bicyclic) bond motifs is 1. The summed E-state index contributed by atoms with van der Waals surface area (Å²) in [6.45, 7) is 2.92. The van der Waals surface area contributed by atoms with Crippen molar-refractivity contribution in [1.82, 2.24) is 4.90 Å². The normalized spacial score (nSPS) is 10.9. The lowest BCUT2D eigenvalue weighted by Crippen LogP contribution is -2.34. The third-order valence-corrected chi connectivity index (χ3v) is 3.22. The summed E-state index contributed by atoms with van der Waals surface area (Å²) in [6.07, 6.45) is 0. The molecule has 1 amide bonds. The van der Waals surface area contributed by atoms with Gasteiger partial charge in [-0.1, -0.05) is 11.6 Å². The van der Waals surface area contributed by atoms with E-state index in [1.54, 1.807) is 11.0 Å². The Morgan fingerprint density at radius 2 is 1.89 bits per heavy atom. The standard InChI is InChI=1S/C14H15Cl2NO2/c1-10-2-3-12-11(8-10)9-13(19-12)14(18)17(6-4-15)7-5-16/h2-3,8-9H,4-7H2,1H3. The maximum Gasteiger partial charge on any atom is 0.289 e. The molecule has 0 bridgehead atoms. The van der Waals surface area contributed by atoms with E-state index in [1.165, 1.54) is 0 Å². The van der Waals surface area contributed by atoms with Crippen LogP contribution in [0.1, 0.15) is 16.1 Å². The average molecular weight is 300 g/mol. The van der Waals surface area contributed by atoms with Crippen LogP contribution >= 0.6 is 23.2 Å². The summed E-state index contributed by atoms with van der Waals surface area (Å²) in [6, 6.07) is 7.58. The molecule has 0 aliphatic rings. The van der Waals surface area contributed by atoms with E-state index in [4.69, 9.17) is 27.6 Å². The lowest BCUT2D eigenvalue weighted by Gasteiger charge is -2.18. The van der Waals surface area contributed by atoms with Gasteiger partial charge in [0, 0.05) is 30.2 Å². The zero-order valence-corrected chi connectivity index (χ0v) is 12.2. The van der Waals surface area contributed by atoms with Crippen LogP contribution < -0.4 is 0 Å². The number of halogens is 2. The van der Waals surface area contributed by atoms with Crippen LogP contribution in [-0.2, 0) is 0 Å². The fourth-order valence-electron chi connectivity index (χ4n) is 1.94. The van der Waals surface area contributed by atoms with Crippen LogP contribution in [0.5, 0.6) is 0 Å². The highest BCUT2D eigenvalue weighted by Gasteiger charge is 2.19. The molecule has 0 saturated carbocycles. The molecule has 0 unspecified atom stereocenters. The van der Waals surface area contributed by atoms with Crippen LogP contribution in [-0.4, -0.2) is 35.7 Å². The van der Waals surface area contributed by atoms with Crippen molar-refractivity contribution in [2.45, 2.75) is 6.92 Å². The van der Waals surface area contributed by atoms with Gasteiger partial charge in [-0.25, -0.2) is 0 Å². The van der Waals surface area contributed by atoms with Crippen LogP contribution in [0.25, 0.3) is 11.0 Å². The van der Waals surface area contributed by atoms with Gasteiger partial charge in [-0.05, 0) is 25.1 Å². The third-order valence-electron chi connectivity index (χ3n) is 2.88. The van der Waals surface area contributed by atoms with Gasteiger partial charge in [-0.2, -0.15) is 0 Å². The Balaban J connectivity index is 2.29. The predicted molar refractivity (Wildman–Crippen MR) is 78.3 cm³/mol. The molecule has 1 aromatic carbocycles. The van der Waals surface area contributed by atoms with Crippen LogP contribution in [0.4, 0.5) is 0 Å². The number of alkyl halides is 2. The Hall–Kier alpha value is -1.19. The van der Waals surface area contributed by atoms with E-state index in [0.29, 0.717) is 36.2 Å². The monoisotopic (exact) mass is 299 g/mol. The molecule has 1 heterocycles. The highest BCUT2D eigenvalue weighted by molar-refractivity contribution is 6.18. The van der Waals surface area contributed by atoms with Gasteiger partial charge in [0.15, 0.2) is 5.76 Å². The van der Waals surface area contributed by atoms with Gasteiger partial charge in [-0.15, -0.1) is 23.2 Å². The molecule has 0 atom stereocenters. The molecule has 1 aromatic heterocycles. The van der Waals surface area contributed by atoms with Crippen molar-refractivity contribution in [3.8, 4) is 0 Å². The van der Waals surface area contributed by atoms with Crippen LogP contribution in [0, 0.1) is 6.92 Å². The summed E-state index contributed by atoms with van der Waals surface area (Å²) in [4.78, 5) is 13.9. The third kappa shape index (κ3) is 3.23. The molecule has 3 nitrogen and oxygen atoms in total. The quantitative estimate of drug-likeness (QED) is 0.790. The van der Waals surface area contributed by atoms with Gasteiger partial charge in [0.05, 0.1) is 0 Å². The Kier molecular flexibility index (Phi) is 4.72. The van der Waals surface area contributed by atoms with Crippen LogP contribution in [0.15, 0.2) is 28.7 Å². The van der Waals surface area contributed by atoms with Crippen molar-refractivity contribution >= 4 is 40.1 Å². The fourth-order valence-corrected chi connectivity index (χ4v) is 2.35. The lowest BCUT2D eigenvalue weighted by molar-refractivity contribution is 0.0745. The van der Waals surface area contributed by atoms with Gasteiger partial charge in [-0.3, -0.25) is 4.79 Å². The summed E-state index contributed by atoms with van der Waals surface area (Å²) < 4.78 is 5.58. The summed E-state index contributed by atoms with van der Waals surface area (Å²) in [5, 5.41) is 0.931. The largest absolute Gasteiger partial charge is 0.451 e. The van der Waals surface area contributed by atoms with E-state index in [0.717, 1.165) is 10.9 Å². The van der Waals surface area contributed by atoms with Crippen LogP contribution in [0.2, 0.25) is 0 Å². The Labute approximate surface area is 122 Å². The van der Waals surface area contributed by atoms with Gasteiger partial charge in [0.25, 0.3) is 5.91 Å². The number of rotatable bonds is 5. The maximum atomic E-state index is 12.3. The molecule has 0 aliphatic heterocycles. The second-order valence-corrected chi connectivity index (χ2v) is 5.08. The Bertz CT molecular complexity index is 574. The topological polar surface area (TPSA) is 33.5 Å². The predicted octanol–water partition coefficient (Wildman–Crippen LogP) is 3.66. The second-order valence-electron chi connectivity index (χ2n) is 4.32. The van der Waals surface area contributed by atoms with Gasteiger partial charge in [0.1, 0.15) is 5.58 Å². The fraction of sp³-hybridized carbons (Fsp3) is 0.357. The number of carbonyl (C=O) groups excluding carboxylic acids is 1. The molecular formula is C14H15Cl2NO2. The number of nitrogens with zero attached hydrogens (tertiary/aromatic N) is 1. The second kappa shape index (κ2) is 6.31. The molecule has 0 saturated heterocycles. The van der Waals surface area contributed by atoms with Crippen molar-refractivity contribution in [2.24, 2.45) is 0 Å². The number of amides is 1. The SMILES string of the molecule is Cc1ccc2oc(C(=O)N(CCCl)CCCl)cc2c1. The summed E-state index contributed by atoms with van der Waals surface area (Å²) >= 11 is 11.4. The highest BCUT2D eigenvalue weighted by atomic mass is 35.5. The number of carbonyl (C=O) groups is 1. The van der Waals surface area contributed by atoms with Crippen molar-refractivity contribution in [3.63, 3.8) is 0 Å². The zero-order valence-electron chi connectivity index (χ0n) is 10.7. The minimum Gasteiger partial charge on any atom is -0.451 e. The Morgan fingerprint density at radius 1 is 1.21 bits per heavy atom. The minimum atomic E-state index is -0.171. The van der Waals surface area contributed by atoms with Gasteiger partial charge < -0.3 is 9.32 Å². The molecule has 0 radical (unpaired) electrons. The van der Waals surface area contributed by atoms with E-state index in [1.807, 2.05) is 25.1 Å². The lowest BCUT2D eigenvalue weighted by atomic mass is 10.2. The molecule has 0 spiro atoms. The smallest absolute Gasteiger partial charge is 0.289 e. The molecule has 0 aliphatic carbocycles. The van der Waals surface area contributed by atoms with Crippen LogP contribution in [0.3, 0.4) is 0 Å². The summed E-state index contributed by atoms with van der Waals surface area (Å²) in [5.41, 5.74) is 1.84. The molecule has 102 valence electrons. The van der Waals surface area contributed by atoms with E-state index >= 15 is 0 Å². The first-order valence-corrected chi connectivity index (χ1v) is 7.14. The number of aryl methyl sites for hydroxylation is 1. The van der Waals surface area contributed by atoms with Crippen molar-refractivity contribution < 1.29 is 9.21 Å². The van der Waals surface area contributed by atoms with E-state index in [2.05, 4.69) is 0 Å². The minimum absolute atomic E-state index is 0.171. The Morgan fingerprint density at radius 3 is 2.53 bits per heavy atom. The van der Waals surface area contributed by atoms with Crippen molar-refractivity contribution in [3.05, 3.63) is 35.6 Å². The van der Waals surface area contributed by atoms with Gasteiger partial charge in [0.2, 0.25) is 0 Å². The number of furan rings is 1. The number of benzene rings is 1. The van der Waals surface area contributed by atoms with Gasteiger partial charge >= 0.3 is 0 Å². The summed E-state index contributed by atoms with van der Waals surface area (Å²) in [5.74, 6) is 0.912. The summed E-state index contributed by atoms with van der Waals surface area (Å²) in [7, 11) is 0.